The molecule has 4 rings (SSSR count). The van der Waals surface area contributed by atoms with Crippen molar-refractivity contribution < 1.29 is 59.2 Å². The Hall–Kier alpha value is -7.34. The summed E-state index contributed by atoms with van der Waals surface area (Å²) in [6.07, 6.45) is 13.1. The van der Waals surface area contributed by atoms with Crippen LogP contribution in [-0.2, 0) is 9.59 Å². The van der Waals surface area contributed by atoms with Crippen LogP contribution in [0.4, 0.5) is 0 Å². The van der Waals surface area contributed by atoms with E-state index in [0.717, 1.165) is 12.2 Å². The van der Waals surface area contributed by atoms with Gasteiger partial charge in [-0.1, -0.05) is 38.1 Å². The molecular weight excluding hydrogens is 720 g/mol. The van der Waals surface area contributed by atoms with Crippen molar-refractivity contribution in [3.05, 3.63) is 143 Å². The topological polar surface area (TPSA) is 192 Å². The maximum atomic E-state index is 11.9. The van der Waals surface area contributed by atoms with Gasteiger partial charge in [-0.25, -0.2) is 0 Å². The highest BCUT2D eigenvalue weighted by molar-refractivity contribution is 6.03. The highest BCUT2D eigenvalue weighted by Gasteiger charge is 2.04. The number of phenolic OH excluding ortho intramolecular Hbond substituents is 4. The molecule has 12 nitrogen and oxygen atoms in total. The Balaban J connectivity index is 0.000000370. The monoisotopic (exact) mass is 766 g/mol. The lowest BCUT2D eigenvalue weighted by atomic mass is 10.1. The van der Waals surface area contributed by atoms with E-state index < -0.39 is 11.6 Å². The van der Waals surface area contributed by atoms with Gasteiger partial charge in [-0.15, -0.1) is 0 Å². The van der Waals surface area contributed by atoms with Gasteiger partial charge in [-0.2, -0.15) is 0 Å². The SMILES string of the molecule is CC.COc1ccc(/C=C/C(=O)/C=C(O)/C=C/c2ccc(OC)c(O)c2)cc1O.COc1ccc(/C=C/C(=O)/C=C(O)/C=C/c2ccc(OC)cc2O)c(O)c1. The number of methoxy groups -OCH3 is 4. The molecule has 0 saturated carbocycles. The number of phenols is 4. The molecule has 4 aromatic carbocycles. The first-order chi connectivity index (χ1) is 26.8. The van der Waals surface area contributed by atoms with Crippen molar-refractivity contribution in [1.29, 1.82) is 0 Å². The van der Waals surface area contributed by atoms with E-state index in [9.17, 15) is 40.2 Å². The molecule has 4 aromatic rings. The minimum absolute atomic E-state index is 0.0143. The summed E-state index contributed by atoms with van der Waals surface area (Å²) in [5.41, 5.74) is 2.14. The van der Waals surface area contributed by atoms with Crippen LogP contribution in [0.15, 0.2) is 121 Å². The van der Waals surface area contributed by atoms with Crippen LogP contribution in [0.2, 0.25) is 0 Å². The van der Waals surface area contributed by atoms with E-state index in [1.807, 2.05) is 13.8 Å². The number of aliphatic hydroxyl groups excluding tert-OH is 2. The number of carbonyl (C=O) groups is 2. The second kappa shape index (κ2) is 23.4. The maximum absolute atomic E-state index is 11.9. The minimum Gasteiger partial charge on any atom is -0.508 e. The molecule has 12 heteroatoms. The standard InChI is InChI=1S/2C21H20O6.C2H6/c1-26-18-9-5-14(20(24)12-18)3-7-16(22)11-17(23)8-4-15-6-10-19(27-2)13-21(15)25;1-26-20-9-5-14(11-18(20)24)3-7-16(22)13-17(23)8-4-15-6-10-21(27-2)19(25)12-15;1-2/h2*3-13,22,24-25H,1-2H3;1-2H3/b7-3+,8-4+,16-11-;7-3+,8-4+,16-13-;. The Kier molecular flexibility index (Phi) is 18.7. The van der Waals surface area contributed by atoms with Gasteiger partial charge in [0, 0.05) is 35.4 Å². The average Bonchev–Trinajstić information content (AvgIpc) is 3.19. The Morgan fingerprint density at radius 2 is 0.839 bits per heavy atom. The van der Waals surface area contributed by atoms with Crippen LogP contribution in [0.3, 0.4) is 0 Å². The van der Waals surface area contributed by atoms with Crippen LogP contribution >= 0.6 is 0 Å². The third-order valence-corrected chi connectivity index (χ3v) is 7.21. The molecule has 0 aliphatic rings. The molecule has 0 bridgehead atoms. The van der Waals surface area contributed by atoms with Crippen molar-refractivity contribution >= 4 is 35.9 Å². The van der Waals surface area contributed by atoms with Crippen LogP contribution in [0.1, 0.15) is 36.1 Å². The Bertz CT molecular complexity index is 2120. The molecule has 294 valence electrons. The molecule has 0 radical (unpaired) electrons. The number of ketones is 2. The molecule has 0 atom stereocenters. The molecule has 0 saturated heterocycles. The van der Waals surface area contributed by atoms with Crippen LogP contribution in [0.5, 0.6) is 46.0 Å². The summed E-state index contributed by atoms with van der Waals surface area (Å²) in [5.74, 6) is 0.185. The highest BCUT2D eigenvalue weighted by Crippen LogP contribution is 2.28. The van der Waals surface area contributed by atoms with Gasteiger partial charge in [0.05, 0.1) is 28.4 Å². The normalized spacial score (nSPS) is 11.5. The van der Waals surface area contributed by atoms with Crippen molar-refractivity contribution in [2.45, 2.75) is 13.8 Å². The third kappa shape index (κ3) is 15.0. The number of aliphatic hydroxyl groups is 2. The minimum atomic E-state index is -0.466. The van der Waals surface area contributed by atoms with Gasteiger partial charge in [0.2, 0.25) is 0 Å². The van der Waals surface area contributed by atoms with Crippen molar-refractivity contribution in [3.8, 4) is 46.0 Å². The van der Waals surface area contributed by atoms with E-state index in [4.69, 9.17) is 18.9 Å². The molecular formula is C44H46O12. The predicted molar refractivity (Wildman–Crippen MR) is 218 cm³/mol. The number of hydrogen-bond donors (Lipinski definition) is 6. The van der Waals surface area contributed by atoms with Crippen molar-refractivity contribution in [2.75, 3.05) is 28.4 Å². The van der Waals surface area contributed by atoms with E-state index in [1.165, 1.54) is 95.2 Å². The fourth-order valence-corrected chi connectivity index (χ4v) is 4.40. The zero-order chi connectivity index (χ0) is 41.6. The molecule has 0 aliphatic heterocycles. The quantitative estimate of drug-likeness (QED) is 0.0407. The summed E-state index contributed by atoms with van der Waals surface area (Å²) < 4.78 is 19.9. The lowest BCUT2D eigenvalue weighted by Crippen LogP contribution is -1.89. The largest absolute Gasteiger partial charge is 0.508 e. The van der Waals surface area contributed by atoms with Crippen LogP contribution < -0.4 is 18.9 Å². The van der Waals surface area contributed by atoms with Gasteiger partial charge < -0.3 is 49.6 Å². The Labute approximate surface area is 325 Å². The fraction of sp³-hybridized carbons (Fsp3) is 0.136. The predicted octanol–water partition coefficient (Wildman–Crippen LogP) is 8.73. The summed E-state index contributed by atoms with van der Waals surface area (Å²) in [5, 5.41) is 58.8. The van der Waals surface area contributed by atoms with E-state index in [0.29, 0.717) is 45.3 Å². The van der Waals surface area contributed by atoms with Crippen molar-refractivity contribution in [1.82, 2.24) is 0 Å². The Morgan fingerprint density at radius 3 is 1.21 bits per heavy atom. The van der Waals surface area contributed by atoms with Crippen molar-refractivity contribution in [2.24, 2.45) is 0 Å². The van der Waals surface area contributed by atoms with Crippen molar-refractivity contribution in [3.63, 3.8) is 0 Å². The molecule has 0 aromatic heterocycles. The molecule has 0 heterocycles. The van der Waals surface area contributed by atoms with E-state index >= 15 is 0 Å². The molecule has 0 spiro atoms. The Morgan fingerprint density at radius 1 is 0.464 bits per heavy atom. The molecule has 6 N–H and O–H groups in total. The number of hydrogen-bond acceptors (Lipinski definition) is 12. The molecule has 0 amide bonds. The number of benzene rings is 4. The third-order valence-electron chi connectivity index (χ3n) is 7.21. The summed E-state index contributed by atoms with van der Waals surface area (Å²) >= 11 is 0. The summed E-state index contributed by atoms with van der Waals surface area (Å²) in [4.78, 5) is 23.8. The molecule has 56 heavy (non-hydrogen) atoms. The second-order valence-electron chi connectivity index (χ2n) is 11.0. The number of rotatable bonds is 14. The van der Waals surface area contributed by atoms with Gasteiger partial charge in [0.15, 0.2) is 34.6 Å². The van der Waals surface area contributed by atoms with E-state index in [1.54, 1.807) is 54.6 Å². The lowest BCUT2D eigenvalue weighted by molar-refractivity contribution is -0.111. The number of ether oxygens (including phenoxy) is 4. The number of allylic oxidation sites excluding steroid dienone is 6. The zero-order valence-electron chi connectivity index (χ0n) is 31.8. The van der Waals surface area contributed by atoms with Crippen LogP contribution in [0, 0.1) is 0 Å². The summed E-state index contributed by atoms with van der Waals surface area (Å²) in [7, 11) is 5.87. The maximum Gasteiger partial charge on any atom is 0.182 e. The van der Waals surface area contributed by atoms with Gasteiger partial charge in [-0.3, -0.25) is 9.59 Å². The van der Waals surface area contributed by atoms with Gasteiger partial charge >= 0.3 is 0 Å². The first-order valence-electron chi connectivity index (χ1n) is 16.9. The van der Waals surface area contributed by atoms with Gasteiger partial charge in [0.1, 0.15) is 34.5 Å². The zero-order valence-corrected chi connectivity index (χ0v) is 31.8. The van der Waals surface area contributed by atoms with E-state index in [2.05, 4.69) is 0 Å². The first kappa shape index (κ1) is 44.8. The average molecular weight is 767 g/mol. The van der Waals surface area contributed by atoms with E-state index in [-0.39, 0.29) is 34.5 Å². The molecule has 0 aliphatic carbocycles. The van der Waals surface area contributed by atoms with Gasteiger partial charge in [0.25, 0.3) is 0 Å². The smallest absolute Gasteiger partial charge is 0.182 e. The summed E-state index contributed by atoms with van der Waals surface area (Å²) in [6, 6.07) is 18.9. The molecule has 0 unspecified atom stereocenters. The molecule has 0 fully saturated rings. The number of carbonyl (C=O) groups excluding carboxylic acids is 2. The van der Waals surface area contributed by atoms with Crippen LogP contribution in [-0.4, -0.2) is 70.6 Å². The second-order valence-corrected chi connectivity index (χ2v) is 11.0. The van der Waals surface area contributed by atoms with Gasteiger partial charge in [-0.05, 0) is 96.1 Å². The fourth-order valence-electron chi connectivity index (χ4n) is 4.40. The highest BCUT2D eigenvalue weighted by atomic mass is 16.5. The number of aromatic hydroxyl groups is 4. The first-order valence-corrected chi connectivity index (χ1v) is 16.9. The lowest BCUT2D eigenvalue weighted by Gasteiger charge is -2.03. The summed E-state index contributed by atoms with van der Waals surface area (Å²) in [6.45, 7) is 4.00. The van der Waals surface area contributed by atoms with Crippen LogP contribution in [0.25, 0.3) is 24.3 Å².